The Bertz CT molecular complexity index is 275. The summed E-state index contributed by atoms with van der Waals surface area (Å²) in [6.45, 7) is 2.01. The SMILES string of the molecule is CCC(N)c1cnc(Cl)c(N)c1. The van der Waals surface area contributed by atoms with Crippen LogP contribution in [0.1, 0.15) is 24.9 Å². The Morgan fingerprint density at radius 1 is 1.67 bits per heavy atom. The Labute approximate surface area is 76.7 Å². The lowest BCUT2D eigenvalue weighted by molar-refractivity contribution is 0.696. The van der Waals surface area contributed by atoms with E-state index in [9.17, 15) is 0 Å². The van der Waals surface area contributed by atoms with Crippen LogP contribution < -0.4 is 11.5 Å². The normalized spacial score (nSPS) is 12.9. The first-order chi connectivity index (χ1) is 5.65. The van der Waals surface area contributed by atoms with Crippen LogP contribution >= 0.6 is 11.6 Å². The van der Waals surface area contributed by atoms with E-state index in [2.05, 4.69) is 4.98 Å². The van der Waals surface area contributed by atoms with Crippen molar-refractivity contribution < 1.29 is 0 Å². The van der Waals surface area contributed by atoms with Crippen LogP contribution in [0.5, 0.6) is 0 Å². The Balaban J connectivity index is 2.96. The van der Waals surface area contributed by atoms with Gasteiger partial charge in [0.25, 0.3) is 0 Å². The Kier molecular flexibility index (Phi) is 2.89. The van der Waals surface area contributed by atoms with Crippen LogP contribution in [0.3, 0.4) is 0 Å². The van der Waals surface area contributed by atoms with Gasteiger partial charge >= 0.3 is 0 Å². The fraction of sp³-hybridized carbons (Fsp3) is 0.375. The molecule has 0 amide bonds. The van der Waals surface area contributed by atoms with Crippen molar-refractivity contribution in [1.82, 2.24) is 4.98 Å². The summed E-state index contributed by atoms with van der Waals surface area (Å²) in [6.07, 6.45) is 2.52. The maximum Gasteiger partial charge on any atom is 0.151 e. The van der Waals surface area contributed by atoms with E-state index in [-0.39, 0.29) is 6.04 Å². The van der Waals surface area contributed by atoms with Gasteiger partial charge < -0.3 is 11.5 Å². The second kappa shape index (κ2) is 3.74. The van der Waals surface area contributed by atoms with Gasteiger partial charge in [0.15, 0.2) is 5.15 Å². The smallest absolute Gasteiger partial charge is 0.151 e. The zero-order chi connectivity index (χ0) is 9.14. The van der Waals surface area contributed by atoms with Gasteiger partial charge in [0, 0.05) is 12.2 Å². The second-order valence-corrected chi connectivity index (χ2v) is 3.02. The van der Waals surface area contributed by atoms with Gasteiger partial charge in [0.1, 0.15) is 0 Å². The van der Waals surface area contributed by atoms with E-state index >= 15 is 0 Å². The number of rotatable bonds is 2. The number of halogens is 1. The van der Waals surface area contributed by atoms with Crippen LogP contribution in [0, 0.1) is 0 Å². The molecule has 0 aliphatic heterocycles. The molecule has 66 valence electrons. The zero-order valence-electron chi connectivity index (χ0n) is 6.92. The molecule has 4 heteroatoms. The molecular formula is C8H12ClN3. The number of hydrogen-bond donors (Lipinski definition) is 2. The molecule has 1 unspecified atom stereocenters. The molecule has 0 fully saturated rings. The number of nitrogens with zero attached hydrogens (tertiary/aromatic N) is 1. The predicted molar refractivity (Wildman–Crippen MR) is 50.9 cm³/mol. The number of anilines is 1. The van der Waals surface area contributed by atoms with Gasteiger partial charge in [-0.2, -0.15) is 0 Å². The molecule has 0 radical (unpaired) electrons. The molecule has 12 heavy (non-hydrogen) atoms. The maximum absolute atomic E-state index is 5.77. The van der Waals surface area contributed by atoms with E-state index in [1.165, 1.54) is 0 Å². The van der Waals surface area contributed by atoms with Crippen LogP contribution in [-0.2, 0) is 0 Å². The molecule has 0 spiro atoms. The fourth-order valence-electron chi connectivity index (χ4n) is 0.921. The van der Waals surface area contributed by atoms with Crippen LogP contribution in [0.4, 0.5) is 5.69 Å². The monoisotopic (exact) mass is 185 g/mol. The molecular weight excluding hydrogens is 174 g/mol. The third kappa shape index (κ3) is 1.87. The molecule has 1 rings (SSSR count). The Morgan fingerprint density at radius 3 is 2.83 bits per heavy atom. The summed E-state index contributed by atoms with van der Waals surface area (Å²) in [5, 5.41) is 0.335. The summed E-state index contributed by atoms with van der Waals surface area (Å²) in [4.78, 5) is 3.91. The van der Waals surface area contributed by atoms with Crippen molar-refractivity contribution in [3.63, 3.8) is 0 Å². The van der Waals surface area contributed by atoms with Gasteiger partial charge in [-0.3, -0.25) is 0 Å². The number of pyridine rings is 1. The number of nitrogen functional groups attached to an aromatic ring is 1. The van der Waals surface area contributed by atoms with Gasteiger partial charge in [-0.1, -0.05) is 18.5 Å². The molecule has 1 heterocycles. The van der Waals surface area contributed by atoms with E-state index < -0.39 is 0 Å². The highest BCUT2D eigenvalue weighted by atomic mass is 35.5. The zero-order valence-corrected chi connectivity index (χ0v) is 7.67. The molecule has 1 atom stereocenters. The summed E-state index contributed by atoms with van der Waals surface area (Å²) in [5.41, 5.74) is 12.8. The van der Waals surface area contributed by atoms with Gasteiger partial charge in [0.2, 0.25) is 0 Å². The van der Waals surface area contributed by atoms with Crippen molar-refractivity contribution in [3.05, 3.63) is 23.0 Å². The van der Waals surface area contributed by atoms with E-state index in [1.807, 2.05) is 6.92 Å². The van der Waals surface area contributed by atoms with Crippen LogP contribution in [0.15, 0.2) is 12.3 Å². The van der Waals surface area contributed by atoms with Gasteiger partial charge in [-0.25, -0.2) is 4.98 Å². The molecule has 0 bridgehead atoms. The number of nitrogens with two attached hydrogens (primary N) is 2. The van der Waals surface area contributed by atoms with Crippen molar-refractivity contribution in [2.75, 3.05) is 5.73 Å². The average Bonchev–Trinajstić information content (AvgIpc) is 2.08. The first-order valence-corrected chi connectivity index (χ1v) is 4.19. The molecule has 0 aliphatic carbocycles. The van der Waals surface area contributed by atoms with Crippen LogP contribution in [-0.4, -0.2) is 4.98 Å². The van der Waals surface area contributed by atoms with Gasteiger partial charge in [-0.05, 0) is 18.1 Å². The minimum absolute atomic E-state index is 0.00272. The highest BCUT2D eigenvalue weighted by Crippen LogP contribution is 2.20. The molecule has 0 aromatic carbocycles. The highest BCUT2D eigenvalue weighted by Gasteiger charge is 2.05. The van der Waals surface area contributed by atoms with Crippen molar-refractivity contribution in [2.24, 2.45) is 5.73 Å². The van der Waals surface area contributed by atoms with Gasteiger partial charge in [-0.15, -0.1) is 0 Å². The van der Waals surface area contributed by atoms with E-state index in [4.69, 9.17) is 23.1 Å². The summed E-state index contributed by atoms with van der Waals surface area (Å²) < 4.78 is 0. The fourth-order valence-corrected chi connectivity index (χ4v) is 1.02. The highest BCUT2D eigenvalue weighted by molar-refractivity contribution is 6.31. The standard InChI is InChI=1S/C8H12ClN3/c1-2-6(10)5-3-7(11)8(9)12-4-5/h3-4,6H,2,10-11H2,1H3. The predicted octanol–water partition coefficient (Wildman–Crippen LogP) is 1.73. The lowest BCUT2D eigenvalue weighted by atomic mass is 10.1. The van der Waals surface area contributed by atoms with E-state index in [0.29, 0.717) is 10.8 Å². The number of aromatic nitrogens is 1. The van der Waals surface area contributed by atoms with Crippen LogP contribution in [0.2, 0.25) is 5.15 Å². The Morgan fingerprint density at radius 2 is 2.33 bits per heavy atom. The number of hydrogen-bond acceptors (Lipinski definition) is 3. The molecule has 1 aromatic rings. The molecule has 0 aliphatic rings. The lowest BCUT2D eigenvalue weighted by Crippen LogP contribution is -2.09. The summed E-state index contributed by atoms with van der Waals surface area (Å²) in [7, 11) is 0. The average molecular weight is 186 g/mol. The van der Waals surface area contributed by atoms with E-state index in [0.717, 1.165) is 12.0 Å². The minimum Gasteiger partial charge on any atom is -0.396 e. The molecule has 1 aromatic heterocycles. The maximum atomic E-state index is 5.77. The third-order valence-electron chi connectivity index (χ3n) is 1.76. The second-order valence-electron chi connectivity index (χ2n) is 2.66. The molecule has 4 N–H and O–H groups in total. The van der Waals surface area contributed by atoms with Crippen molar-refractivity contribution in [3.8, 4) is 0 Å². The molecule has 0 saturated heterocycles. The van der Waals surface area contributed by atoms with E-state index in [1.54, 1.807) is 12.3 Å². The lowest BCUT2D eigenvalue weighted by Gasteiger charge is -2.09. The molecule has 3 nitrogen and oxygen atoms in total. The summed E-state index contributed by atoms with van der Waals surface area (Å²) >= 11 is 5.65. The summed E-state index contributed by atoms with van der Waals surface area (Å²) in [5.74, 6) is 0. The topological polar surface area (TPSA) is 64.9 Å². The molecule has 0 saturated carbocycles. The first-order valence-electron chi connectivity index (χ1n) is 3.81. The minimum atomic E-state index is -0.00272. The van der Waals surface area contributed by atoms with Crippen molar-refractivity contribution >= 4 is 17.3 Å². The van der Waals surface area contributed by atoms with Crippen LogP contribution in [0.25, 0.3) is 0 Å². The largest absolute Gasteiger partial charge is 0.396 e. The van der Waals surface area contributed by atoms with Gasteiger partial charge in [0.05, 0.1) is 5.69 Å². The van der Waals surface area contributed by atoms with Crippen molar-refractivity contribution in [1.29, 1.82) is 0 Å². The Hall–Kier alpha value is -0.800. The third-order valence-corrected chi connectivity index (χ3v) is 2.07. The summed E-state index contributed by atoms with van der Waals surface area (Å²) in [6, 6.07) is 1.76. The first kappa shape index (κ1) is 9.29. The van der Waals surface area contributed by atoms with Crippen molar-refractivity contribution in [2.45, 2.75) is 19.4 Å². The quantitative estimate of drug-likeness (QED) is 0.690.